The molecule has 1 aliphatic carbocycles. The summed E-state index contributed by atoms with van der Waals surface area (Å²) < 4.78 is 0. The minimum absolute atomic E-state index is 0.102. The Morgan fingerprint density at radius 1 is 1.12 bits per heavy atom. The fraction of sp³-hybridized carbons (Fsp3) is 0.333. The molecule has 0 radical (unpaired) electrons. The van der Waals surface area contributed by atoms with E-state index in [9.17, 15) is 4.79 Å². The fourth-order valence-corrected chi connectivity index (χ4v) is 5.54. The molecule has 2 aromatic carbocycles. The molecule has 0 bridgehead atoms. The summed E-state index contributed by atoms with van der Waals surface area (Å²) in [5, 5.41) is 4.48. The van der Waals surface area contributed by atoms with Crippen LogP contribution in [0.5, 0.6) is 0 Å². The van der Waals surface area contributed by atoms with Crippen LogP contribution in [0.1, 0.15) is 59.1 Å². The molecule has 3 aromatic rings. The van der Waals surface area contributed by atoms with E-state index in [2.05, 4.69) is 57.3 Å². The monoisotopic (exact) mass is 464 g/mol. The third-order valence-electron chi connectivity index (χ3n) is 6.21. The summed E-state index contributed by atoms with van der Waals surface area (Å²) in [6, 6.07) is 15.5. The lowest BCUT2D eigenvalue weighted by Gasteiger charge is -2.33. The molecule has 5 heteroatoms. The standard InChI is InChI=1S/C27H29ClN2OS/c1-17-5-7-18(8-6-17)16-29-26-24(25(31)30-21-12-10-20(28)11-13-21)22-14-9-19(27(2,3)4)15-23(22)32-26/h5-8,10-13,16,19H,9,14-15H2,1-4H3,(H,30,31)/t19-/m0/s1. The number of fused-ring (bicyclic) bond motifs is 1. The summed E-state index contributed by atoms with van der Waals surface area (Å²) in [5.41, 5.74) is 5.10. The Bertz CT molecular complexity index is 1140. The van der Waals surface area contributed by atoms with Crippen molar-refractivity contribution >= 4 is 45.7 Å². The van der Waals surface area contributed by atoms with E-state index in [-0.39, 0.29) is 11.3 Å². The molecule has 32 heavy (non-hydrogen) atoms. The molecule has 1 amide bonds. The molecule has 0 saturated heterocycles. The van der Waals surface area contributed by atoms with E-state index < -0.39 is 0 Å². The van der Waals surface area contributed by atoms with Gasteiger partial charge in [-0.05, 0) is 72.9 Å². The van der Waals surface area contributed by atoms with Gasteiger partial charge in [0.1, 0.15) is 5.00 Å². The maximum Gasteiger partial charge on any atom is 0.259 e. The number of anilines is 1. The van der Waals surface area contributed by atoms with Crippen LogP contribution in [0.25, 0.3) is 0 Å². The van der Waals surface area contributed by atoms with Crippen LogP contribution in [0.2, 0.25) is 5.02 Å². The van der Waals surface area contributed by atoms with Crippen LogP contribution in [0.4, 0.5) is 10.7 Å². The number of benzene rings is 2. The Morgan fingerprint density at radius 3 is 2.47 bits per heavy atom. The van der Waals surface area contributed by atoms with E-state index in [0.29, 0.717) is 10.9 Å². The quantitative estimate of drug-likeness (QED) is 0.392. The fourth-order valence-electron chi connectivity index (χ4n) is 4.15. The van der Waals surface area contributed by atoms with Gasteiger partial charge in [0.05, 0.1) is 5.56 Å². The van der Waals surface area contributed by atoms with Crippen molar-refractivity contribution < 1.29 is 4.79 Å². The Balaban J connectivity index is 1.69. The number of thiophene rings is 1. The number of hydrogen-bond acceptors (Lipinski definition) is 3. The van der Waals surface area contributed by atoms with Gasteiger partial charge in [-0.3, -0.25) is 4.79 Å². The summed E-state index contributed by atoms with van der Waals surface area (Å²) >= 11 is 7.66. The topological polar surface area (TPSA) is 41.5 Å². The third kappa shape index (κ3) is 5.13. The Kier molecular flexibility index (Phi) is 6.55. The second-order valence-corrected chi connectivity index (χ2v) is 11.1. The lowest BCUT2D eigenvalue weighted by Crippen LogP contribution is -2.27. The first-order valence-electron chi connectivity index (χ1n) is 11.0. The number of nitrogens with zero attached hydrogens (tertiary/aromatic N) is 1. The zero-order valence-electron chi connectivity index (χ0n) is 19.0. The van der Waals surface area contributed by atoms with Crippen molar-refractivity contribution in [3.05, 3.63) is 80.7 Å². The number of carbonyl (C=O) groups is 1. The van der Waals surface area contributed by atoms with Gasteiger partial charge in [0.2, 0.25) is 0 Å². The molecular formula is C27H29ClN2OS. The third-order valence-corrected chi connectivity index (χ3v) is 7.62. The lowest BCUT2D eigenvalue weighted by atomic mass is 9.72. The highest BCUT2D eigenvalue weighted by molar-refractivity contribution is 7.16. The van der Waals surface area contributed by atoms with Gasteiger partial charge in [0.25, 0.3) is 5.91 Å². The molecule has 0 spiro atoms. The van der Waals surface area contributed by atoms with Crippen LogP contribution >= 0.6 is 22.9 Å². The minimum Gasteiger partial charge on any atom is -0.322 e. The van der Waals surface area contributed by atoms with Crippen molar-refractivity contribution in [1.82, 2.24) is 0 Å². The maximum absolute atomic E-state index is 13.4. The Morgan fingerprint density at radius 2 is 1.81 bits per heavy atom. The first-order chi connectivity index (χ1) is 15.2. The molecule has 1 aromatic heterocycles. The molecule has 0 fully saturated rings. The van der Waals surface area contributed by atoms with E-state index in [4.69, 9.17) is 16.6 Å². The molecule has 1 aliphatic rings. The van der Waals surface area contributed by atoms with Crippen LogP contribution in [0.15, 0.2) is 53.5 Å². The lowest BCUT2D eigenvalue weighted by molar-refractivity contribution is 0.102. The van der Waals surface area contributed by atoms with Crippen molar-refractivity contribution in [2.75, 3.05) is 5.32 Å². The summed E-state index contributed by atoms with van der Waals surface area (Å²) in [6.45, 7) is 8.99. The van der Waals surface area contributed by atoms with E-state index >= 15 is 0 Å². The average Bonchev–Trinajstić information content (AvgIpc) is 3.12. The van der Waals surface area contributed by atoms with Crippen LogP contribution in [-0.2, 0) is 12.8 Å². The highest BCUT2D eigenvalue weighted by Crippen LogP contribution is 2.45. The van der Waals surface area contributed by atoms with Crippen LogP contribution in [0.3, 0.4) is 0 Å². The summed E-state index contributed by atoms with van der Waals surface area (Å²) in [6.07, 6.45) is 4.87. The van der Waals surface area contributed by atoms with E-state index in [1.54, 1.807) is 23.5 Å². The molecule has 4 rings (SSSR count). The molecule has 166 valence electrons. The van der Waals surface area contributed by atoms with Crippen molar-refractivity contribution in [3.8, 4) is 0 Å². The zero-order valence-corrected chi connectivity index (χ0v) is 20.6. The second-order valence-electron chi connectivity index (χ2n) is 9.62. The zero-order chi connectivity index (χ0) is 22.9. The van der Waals surface area contributed by atoms with Crippen LogP contribution < -0.4 is 5.32 Å². The number of rotatable bonds is 4. The molecule has 1 N–H and O–H groups in total. The first kappa shape index (κ1) is 22.8. The van der Waals surface area contributed by atoms with Gasteiger partial charge in [-0.25, -0.2) is 4.99 Å². The SMILES string of the molecule is Cc1ccc(C=Nc2sc3c(c2C(=O)Nc2ccc(Cl)cc2)CC[C@H](C(C)(C)C)C3)cc1. The molecule has 1 atom stereocenters. The van der Waals surface area contributed by atoms with Gasteiger partial charge in [-0.1, -0.05) is 62.2 Å². The van der Waals surface area contributed by atoms with Gasteiger partial charge in [-0.2, -0.15) is 0 Å². The molecular weight excluding hydrogens is 436 g/mol. The number of aryl methyl sites for hydroxylation is 1. The predicted molar refractivity (Wildman–Crippen MR) is 137 cm³/mol. The predicted octanol–water partition coefficient (Wildman–Crippen LogP) is 7.86. The first-order valence-corrected chi connectivity index (χ1v) is 12.2. The van der Waals surface area contributed by atoms with Crippen molar-refractivity contribution in [1.29, 1.82) is 0 Å². The molecule has 1 heterocycles. The van der Waals surface area contributed by atoms with Gasteiger partial charge in [-0.15, -0.1) is 11.3 Å². The number of carbonyl (C=O) groups excluding carboxylic acids is 1. The van der Waals surface area contributed by atoms with Gasteiger partial charge < -0.3 is 5.32 Å². The van der Waals surface area contributed by atoms with Crippen molar-refractivity contribution in [2.45, 2.75) is 47.0 Å². The number of amides is 1. The minimum atomic E-state index is -0.102. The summed E-state index contributed by atoms with van der Waals surface area (Å²) in [4.78, 5) is 19.5. The second kappa shape index (κ2) is 9.21. The van der Waals surface area contributed by atoms with Gasteiger partial charge in [0, 0.05) is 21.8 Å². The highest BCUT2D eigenvalue weighted by atomic mass is 35.5. The summed E-state index contributed by atoms with van der Waals surface area (Å²) in [5.74, 6) is 0.504. The maximum atomic E-state index is 13.4. The van der Waals surface area contributed by atoms with Crippen LogP contribution in [0, 0.1) is 18.3 Å². The molecule has 0 unspecified atom stereocenters. The van der Waals surface area contributed by atoms with Crippen molar-refractivity contribution in [3.63, 3.8) is 0 Å². The number of nitrogens with one attached hydrogen (secondary N) is 1. The normalized spacial score (nSPS) is 16.2. The Labute approximate surface area is 199 Å². The summed E-state index contributed by atoms with van der Waals surface area (Å²) in [7, 11) is 0. The van der Waals surface area contributed by atoms with Gasteiger partial charge >= 0.3 is 0 Å². The molecule has 3 nitrogen and oxygen atoms in total. The van der Waals surface area contributed by atoms with Crippen molar-refractivity contribution in [2.24, 2.45) is 16.3 Å². The van der Waals surface area contributed by atoms with E-state index in [1.165, 1.54) is 10.4 Å². The van der Waals surface area contributed by atoms with Crippen LogP contribution in [-0.4, -0.2) is 12.1 Å². The number of halogens is 1. The number of aliphatic imine (C=N–C) groups is 1. The van der Waals surface area contributed by atoms with Gasteiger partial charge in [0.15, 0.2) is 0 Å². The average molecular weight is 465 g/mol. The van der Waals surface area contributed by atoms with E-state index in [1.807, 2.05) is 18.3 Å². The molecule has 0 aliphatic heterocycles. The molecule has 0 saturated carbocycles. The largest absolute Gasteiger partial charge is 0.322 e. The number of hydrogen-bond donors (Lipinski definition) is 1. The smallest absolute Gasteiger partial charge is 0.259 e. The Hall–Kier alpha value is -2.43. The van der Waals surface area contributed by atoms with E-state index in [0.717, 1.165) is 46.6 Å². The highest BCUT2D eigenvalue weighted by Gasteiger charge is 2.33.